The van der Waals surface area contributed by atoms with Crippen molar-refractivity contribution >= 4 is 61.5 Å². The fraction of sp³-hybridized carbons (Fsp3) is 0.417. The zero-order valence-corrected chi connectivity index (χ0v) is 20.4. The van der Waals surface area contributed by atoms with Crippen LogP contribution in [-0.4, -0.2) is 55.1 Å². The third kappa shape index (κ3) is 4.41. The summed E-state index contributed by atoms with van der Waals surface area (Å²) in [6.07, 6.45) is 1.97. The second kappa shape index (κ2) is 9.08. The van der Waals surface area contributed by atoms with Gasteiger partial charge >= 0.3 is 0 Å². The van der Waals surface area contributed by atoms with Crippen LogP contribution in [0.4, 0.5) is 10.8 Å². The number of aromatic nitrogens is 1. The van der Waals surface area contributed by atoms with E-state index in [1.54, 1.807) is 11.3 Å². The molecule has 3 heterocycles. The van der Waals surface area contributed by atoms with Crippen LogP contribution >= 0.6 is 34.5 Å². The molecule has 2 aliphatic rings. The number of halogens is 2. The zero-order chi connectivity index (χ0) is 22.2. The zero-order valence-electron chi connectivity index (χ0n) is 18.1. The standard InChI is InChI=1S/C24H26Cl2N4OS/c1-16-4-7-21-22(13-16)32-24(27-21)30-8-2-3-17(15-30)23(31)29-11-9-28(10-12-29)18-5-6-19(25)20(26)14-18/h4-7,13-14,17H,2-3,8-12,15H2,1H3. The van der Waals surface area contributed by atoms with E-state index in [1.165, 1.54) is 10.3 Å². The lowest BCUT2D eigenvalue weighted by Crippen LogP contribution is -2.52. The molecule has 0 radical (unpaired) electrons. The SMILES string of the molecule is Cc1ccc2nc(N3CCCC(C(=O)N4CCN(c5ccc(Cl)c(Cl)c5)CC4)C3)sc2c1. The highest BCUT2D eigenvalue weighted by atomic mass is 35.5. The second-order valence-electron chi connectivity index (χ2n) is 8.66. The number of piperidine rings is 1. The van der Waals surface area contributed by atoms with Gasteiger partial charge in [-0.2, -0.15) is 0 Å². The molecule has 5 nitrogen and oxygen atoms in total. The van der Waals surface area contributed by atoms with E-state index in [0.717, 1.165) is 68.4 Å². The molecule has 2 fully saturated rings. The molecule has 8 heteroatoms. The van der Waals surface area contributed by atoms with Gasteiger partial charge in [0.2, 0.25) is 5.91 Å². The highest BCUT2D eigenvalue weighted by Gasteiger charge is 2.32. The van der Waals surface area contributed by atoms with E-state index in [0.29, 0.717) is 10.0 Å². The molecule has 32 heavy (non-hydrogen) atoms. The fourth-order valence-corrected chi connectivity index (χ4v) is 6.02. The Morgan fingerprint density at radius 3 is 2.59 bits per heavy atom. The Hall–Kier alpha value is -2.02. The molecule has 0 bridgehead atoms. The maximum atomic E-state index is 13.3. The maximum absolute atomic E-state index is 13.3. The lowest BCUT2D eigenvalue weighted by Gasteiger charge is -2.39. The van der Waals surface area contributed by atoms with Crippen molar-refractivity contribution in [2.45, 2.75) is 19.8 Å². The van der Waals surface area contributed by atoms with Gasteiger partial charge in [-0.1, -0.05) is 40.6 Å². The number of hydrogen-bond donors (Lipinski definition) is 0. The predicted octanol–water partition coefficient (Wildman–Crippen LogP) is 5.48. The molecule has 3 aromatic rings. The van der Waals surface area contributed by atoms with Crippen LogP contribution in [0, 0.1) is 12.8 Å². The summed E-state index contributed by atoms with van der Waals surface area (Å²) in [6, 6.07) is 12.1. The first-order valence-corrected chi connectivity index (χ1v) is 12.7. The van der Waals surface area contributed by atoms with Crippen LogP contribution in [0.25, 0.3) is 10.2 Å². The molecule has 1 amide bonds. The van der Waals surface area contributed by atoms with E-state index in [-0.39, 0.29) is 11.8 Å². The number of carbonyl (C=O) groups is 1. The van der Waals surface area contributed by atoms with Crippen molar-refractivity contribution in [2.75, 3.05) is 49.1 Å². The van der Waals surface area contributed by atoms with E-state index in [2.05, 4.69) is 34.9 Å². The van der Waals surface area contributed by atoms with Crippen LogP contribution in [0.3, 0.4) is 0 Å². The molecule has 5 rings (SSSR count). The summed E-state index contributed by atoms with van der Waals surface area (Å²) in [4.78, 5) is 24.7. The van der Waals surface area contributed by atoms with Crippen LogP contribution < -0.4 is 9.80 Å². The summed E-state index contributed by atoms with van der Waals surface area (Å²) >= 11 is 14.0. The Bertz CT molecular complexity index is 1140. The Morgan fingerprint density at radius 2 is 1.81 bits per heavy atom. The Labute approximate surface area is 202 Å². The minimum Gasteiger partial charge on any atom is -0.368 e. The van der Waals surface area contributed by atoms with Crippen molar-refractivity contribution in [3.63, 3.8) is 0 Å². The van der Waals surface area contributed by atoms with E-state index < -0.39 is 0 Å². The lowest BCUT2D eigenvalue weighted by molar-refractivity contribution is -0.136. The number of aryl methyl sites for hydroxylation is 1. The minimum absolute atomic E-state index is 0.0361. The summed E-state index contributed by atoms with van der Waals surface area (Å²) in [5.41, 5.74) is 3.35. The normalized spacial score (nSPS) is 19.6. The summed E-state index contributed by atoms with van der Waals surface area (Å²) in [5, 5.41) is 2.16. The molecule has 0 aliphatic carbocycles. The number of carbonyl (C=O) groups excluding carboxylic acids is 1. The number of fused-ring (bicyclic) bond motifs is 1. The maximum Gasteiger partial charge on any atom is 0.227 e. The van der Waals surface area contributed by atoms with Crippen molar-refractivity contribution in [3.05, 3.63) is 52.0 Å². The minimum atomic E-state index is 0.0361. The molecule has 2 aliphatic heterocycles. The smallest absolute Gasteiger partial charge is 0.227 e. The highest BCUT2D eigenvalue weighted by molar-refractivity contribution is 7.22. The van der Waals surface area contributed by atoms with Crippen LogP contribution in [0.1, 0.15) is 18.4 Å². The van der Waals surface area contributed by atoms with E-state index >= 15 is 0 Å². The van der Waals surface area contributed by atoms with E-state index in [9.17, 15) is 4.79 Å². The lowest BCUT2D eigenvalue weighted by atomic mass is 9.96. The number of hydrogen-bond acceptors (Lipinski definition) is 5. The molecular weight excluding hydrogens is 463 g/mol. The van der Waals surface area contributed by atoms with Crippen LogP contribution in [0.2, 0.25) is 10.0 Å². The fourth-order valence-electron chi connectivity index (χ4n) is 4.63. The Morgan fingerprint density at radius 1 is 1.00 bits per heavy atom. The Balaban J connectivity index is 1.22. The molecule has 1 aromatic heterocycles. The van der Waals surface area contributed by atoms with Gasteiger partial charge in [0, 0.05) is 45.0 Å². The number of benzene rings is 2. The van der Waals surface area contributed by atoms with Crippen molar-refractivity contribution < 1.29 is 4.79 Å². The number of rotatable bonds is 3. The summed E-state index contributed by atoms with van der Waals surface area (Å²) in [7, 11) is 0. The first kappa shape index (κ1) is 21.8. The van der Waals surface area contributed by atoms with Gasteiger partial charge in [0.05, 0.1) is 26.2 Å². The van der Waals surface area contributed by atoms with Crippen LogP contribution in [0.15, 0.2) is 36.4 Å². The summed E-state index contributed by atoms with van der Waals surface area (Å²) in [6.45, 7) is 6.90. The number of thiazole rings is 1. The average Bonchev–Trinajstić information content (AvgIpc) is 3.24. The first-order chi connectivity index (χ1) is 15.5. The van der Waals surface area contributed by atoms with Crippen LogP contribution in [0.5, 0.6) is 0 Å². The molecule has 0 N–H and O–H groups in total. The van der Waals surface area contributed by atoms with Crippen molar-refractivity contribution in [1.29, 1.82) is 0 Å². The van der Waals surface area contributed by atoms with Crippen molar-refractivity contribution in [1.82, 2.24) is 9.88 Å². The van der Waals surface area contributed by atoms with Gasteiger partial charge in [-0.3, -0.25) is 4.79 Å². The topological polar surface area (TPSA) is 39.7 Å². The third-order valence-corrected chi connectivity index (χ3v) is 8.25. The monoisotopic (exact) mass is 488 g/mol. The van der Waals surface area contributed by atoms with Crippen molar-refractivity contribution in [3.8, 4) is 0 Å². The summed E-state index contributed by atoms with van der Waals surface area (Å²) in [5.74, 6) is 0.314. The van der Waals surface area contributed by atoms with Gasteiger partial charge in [0.1, 0.15) is 0 Å². The van der Waals surface area contributed by atoms with E-state index in [4.69, 9.17) is 28.2 Å². The molecule has 2 aromatic carbocycles. The number of amides is 1. The quantitative estimate of drug-likeness (QED) is 0.489. The average molecular weight is 489 g/mol. The molecule has 0 saturated carbocycles. The highest BCUT2D eigenvalue weighted by Crippen LogP contribution is 2.33. The number of anilines is 2. The van der Waals surface area contributed by atoms with Gasteiger partial charge < -0.3 is 14.7 Å². The molecule has 0 spiro atoms. The third-order valence-electron chi connectivity index (χ3n) is 6.43. The molecule has 1 unspecified atom stereocenters. The number of nitrogens with zero attached hydrogens (tertiary/aromatic N) is 4. The van der Waals surface area contributed by atoms with Gasteiger partial charge in [0.25, 0.3) is 0 Å². The Kier molecular flexibility index (Phi) is 6.19. The molecule has 168 valence electrons. The van der Waals surface area contributed by atoms with E-state index in [1.807, 2.05) is 23.1 Å². The van der Waals surface area contributed by atoms with Crippen molar-refractivity contribution in [2.24, 2.45) is 5.92 Å². The van der Waals surface area contributed by atoms with Gasteiger partial charge in [-0.15, -0.1) is 0 Å². The molecule has 2 saturated heterocycles. The van der Waals surface area contributed by atoms with Gasteiger partial charge in [-0.05, 0) is 55.7 Å². The molecule has 1 atom stereocenters. The predicted molar refractivity (Wildman–Crippen MR) is 135 cm³/mol. The largest absolute Gasteiger partial charge is 0.368 e. The first-order valence-electron chi connectivity index (χ1n) is 11.1. The van der Waals surface area contributed by atoms with Gasteiger partial charge in [0.15, 0.2) is 5.13 Å². The second-order valence-corrected chi connectivity index (χ2v) is 10.5. The summed E-state index contributed by atoms with van der Waals surface area (Å²) < 4.78 is 1.21. The number of piperazine rings is 1. The van der Waals surface area contributed by atoms with Gasteiger partial charge in [-0.25, -0.2) is 4.98 Å². The van der Waals surface area contributed by atoms with Crippen LogP contribution in [-0.2, 0) is 4.79 Å². The molecular formula is C24H26Cl2N4OS.